The molecule has 2 nitrogen and oxygen atoms in total. The van der Waals surface area contributed by atoms with E-state index in [1.807, 2.05) is 32.9 Å². The van der Waals surface area contributed by atoms with Crippen LogP contribution in [0.25, 0.3) is 10.9 Å². The van der Waals surface area contributed by atoms with E-state index in [-0.39, 0.29) is 0 Å². The Kier molecular flexibility index (Phi) is 2.76. The molecule has 1 aromatic heterocycles. The topological polar surface area (TPSA) is 22.1 Å². The van der Waals surface area contributed by atoms with Crippen molar-refractivity contribution in [3.05, 3.63) is 34.0 Å². The van der Waals surface area contributed by atoms with Crippen LogP contribution in [0.5, 0.6) is 5.75 Å². The molecule has 0 aliphatic heterocycles. The van der Waals surface area contributed by atoms with Crippen LogP contribution in [0.2, 0.25) is 5.02 Å². The molecule has 0 amide bonds. The maximum absolute atomic E-state index is 6.37. The number of hydrogen-bond donors (Lipinski definition) is 0. The Labute approximate surface area is 100 Å². The van der Waals surface area contributed by atoms with Crippen LogP contribution in [0.15, 0.2) is 12.1 Å². The number of aromatic nitrogens is 1. The number of fused-ring (bicyclic) bond motifs is 1. The molecule has 0 aliphatic rings. The normalized spacial score (nSPS) is 10.8. The molecule has 0 atom stereocenters. The third-order valence-electron chi connectivity index (χ3n) is 2.94. The monoisotopic (exact) mass is 235 g/mol. The highest BCUT2D eigenvalue weighted by atomic mass is 35.5. The summed E-state index contributed by atoms with van der Waals surface area (Å²) in [5.74, 6) is 0.769. The molecule has 0 bridgehead atoms. The molecule has 0 unspecified atom stereocenters. The summed E-state index contributed by atoms with van der Waals surface area (Å²) in [6.07, 6.45) is 0. The number of benzene rings is 1. The number of hydrogen-bond acceptors (Lipinski definition) is 2. The van der Waals surface area contributed by atoms with Crippen LogP contribution >= 0.6 is 11.6 Å². The minimum atomic E-state index is 0.769. The van der Waals surface area contributed by atoms with E-state index in [0.717, 1.165) is 38.5 Å². The van der Waals surface area contributed by atoms with Gasteiger partial charge in [0.15, 0.2) is 0 Å². The van der Waals surface area contributed by atoms with E-state index in [9.17, 15) is 0 Å². The predicted octanol–water partition coefficient (Wildman–Crippen LogP) is 3.82. The molecule has 16 heavy (non-hydrogen) atoms. The summed E-state index contributed by atoms with van der Waals surface area (Å²) >= 11 is 6.37. The largest absolute Gasteiger partial charge is 0.494 e. The molecule has 0 N–H and O–H groups in total. The van der Waals surface area contributed by atoms with Gasteiger partial charge >= 0.3 is 0 Å². The summed E-state index contributed by atoms with van der Waals surface area (Å²) in [7, 11) is 1.65. The van der Waals surface area contributed by atoms with Crippen LogP contribution < -0.4 is 4.74 Å². The Morgan fingerprint density at radius 2 is 1.88 bits per heavy atom. The maximum atomic E-state index is 6.37. The number of aryl methyl sites for hydroxylation is 2. The standard InChI is InChI=1S/C13H14ClNO/c1-7-5-6-10(16-4)13-11(7)12(14)8(2)9(3)15-13/h5-6H,1-4H3. The first kappa shape index (κ1) is 11.2. The van der Waals surface area contributed by atoms with E-state index >= 15 is 0 Å². The maximum Gasteiger partial charge on any atom is 0.145 e. The van der Waals surface area contributed by atoms with Crippen LogP contribution in [-0.4, -0.2) is 12.1 Å². The highest BCUT2D eigenvalue weighted by Crippen LogP contribution is 2.34. The van der Waals surface area contributed by atoms with Gasteiger partial charge in [0.1, 0.15) is 11.3 Å². The van der Waals surface area contributed by atoms with Crippen molar-refractivity contribution in [1.29, 1.82) is 0 Å². The molecule has 1 heterocycles. The zero-order valence-electron chi connectivity index (χ0n) is 9.89. The number of methoxy groups -OCH3 is 1. The molecule has 2 rings (SSSR count). The van der Waals surface area contributed by atoms with Gasteiger partial charge in [-0.3, -0.25) is 0 Å². The fourth-order valence-electron chi connectivity index (χ4n) is 1.82. The van der Waals surface area contributed by atoms with E-state index in [0.29, 0.717) is 0 Å². The third-order valence-corrected chi connectivity index (χ3v) is 3.41. The molecule has 0 saturated carbocycles. The van der Waals surface area contributed by atoms with E-state index < -0.39 is 0 Å². The van der Waals surface area contributed by atoms with E-state index in [2.05, 4.69) is 4.98 Å². The molecule has 0 aliphatic carbocycles. The second kappa shape index (κ2) is 3.95. The first-order valence-corrected chi connectivity index (χ1v) is 5.54. The smallest absolute Gasteiger partial charge is 0.145 e. The van der Waals surface area contributed by atoms with E-state index in [4.69, 9.17) is 16.3 Å². The van der Waals surface area contributed by atoms with Crippen LogP contribution in [0.4, 0.5) is 0 Å². The van der Waals surface area contributed by atoms with Crippen LogP contribution in [-0.2, 0) is 0 Å². The van der Waals surface area contributed by atoms with Gasteiger partial charge in [-0.25, -0.2) is 4.98 Å². The molecule has 0 spiro atoms. The lowest BCUT2D eigenvalue weighted by atomic mass is 10.1. The number of rotatable bonds is 1. The Morgan fingerprint density at radius 1 is 1.19 bits per heavy atom. The molecule has 0 radical (unpaired) electrons. The van der Waals surface area contributed by atoms with Gasteiger partial charge in [-0.1, -0.05) is 17.7 Å². The third kappa shape index (κ3) is 1.54. The summed E-state index contributed by atoms with van der Waals surface area (Å²) in [6.45, 7) is 5.98. The molecule has 84 valence electrons. The number of halogens is 1. The molecular weight excluding hydrogens is 222 g/mol. The van der Waals surface area contributed by atoms with Crippen molar-refractivity contribution in [3.8, 4) is 5.75 Å². The van der Waals surface area contributed by atoms with Crippen molar-refractivity contribution < 1.29 is 4.74 Å². The summed E-state index contributed by atoms with van der Waals surface area (Å²) in [6, 6.07) is 3.93. The summed E-state index contributed by atoms with van der Waals surface area (Å²) < 4.78 is 5.31. The fourth-order valence-corrected chi connectivity index (χ4v) is 2.20. The first-order chi connectivity index (χ1) is 7.56. The molecule has 2 aromatic rings. The van der Waals surface area contributed by atoms with Crippen molar-refractivity contribution >= 4 is 22.5 Å². The lowest BCUT2D eigenvalue weighted by molar-refractivity contribution is 0.418. The van der Waals surface area contributed by atoms with Crippen LogP contribution in [0.3, 0.4) is 0 Å². The van der Waals surface area contributed by atoms with Gasteiger partial charge in [-0.2, -0.15) is 0 Å². The van der Waals surface area contributed by atoms with Gasteiger partial charge in [-0.05, 0) is 38.0 Å². The number of ether oxygens (including phenoxy) is 1. The summed E-state index contributed by atoms with van der Waals surface area (Å²) in [5.41, 5.74) is 3.94. The molecular formula is C13H14ClNO. The van der Waals surface area contributed by atoms with Gasteiger partial charge in [0, 0.05) is 11.1 Å². The van der Waals surface area contributed by atoms with Crippen molar-refractivity contribution in [2.75, 3.05) is 7.11 Å². The van der Waals surface area contributed by atoms with Crippen molar-refractivity contribution in [2.45, 2.75) is 20.8 Å². The lowest BCUT2D eigenvalue weighted by Gasteiger charge is -2.12. The SMILES string of the molecule is COc1ccc(C)c2c(Cl)c(C)c(C)nc12. The fraction of sp³-hybridized carbons (Fsp3) is 0.308. The highest BCUT2D eigenvalue weighted by molar-refractivity contribution is 6.36. The average molecular weight is 236 g/mol. The second-order valence-electron chi connectivity index (χ2n) is 3.94. The zero-order chi connectivity index (χ0) is 11.9. The Balaban J connectivity index is 2.98. The minimum absolute atomic E-state index is 0.769. The molecule has 1 aromatic carbocycles. The predicted molar refractivity (Wildman–Crippen MR) is 67.5 cm³/mol. The van der Waals surface area contributed by atoms with Gasteiger partial charge < -0.3 is 4.74 Å². The van der Waals surface area contributed by atoms with Gasteiger partial charge in [0.2, 0.25) is 0 Å². The zero-order valence-corrected chi connectivity index (χ0v) is 10.6. The van der Waals surface area contributed by atoms with Gasteiger partial charge in [0.05, 0.1) is 12.1 Å². The minimum Gasteiger partial charge on any atom is -0.494 e. The molecule has 0 fully saturated rings. The second-order valence-corrected chi connectivity index (χ2v) is 4.32. The number of pyridine rings is 1. The van der Waals surface area contributed by atoms with Crippen molar-refractivity contribution in [3.63, 3.8) is 0 Å². The summed E-state index contributed by atoms with van der Waals surface area (Å²) in [5, 5.41) is 1.77. The highest BCUT2D eigenvalue weighted by Gasteiger charge is 2.12. The van der Waals surface area contributed by atoms with Gasteiger partial charge in [-0.15, -0.1) is 0 Å². The Hall–Kier alpha value is -1.28. The number of nitrogens with zero attached hydrogens (tertiary/aromatic N) is 1. The average Bonchev–Trinajstić information content (AvgIpc) is 2.26. The lowest BCUT2D eigenvalue weighted by Crippen LogP contribution is -1.95. The first-order valence-electron chi connectivity index (χ1n) is 5.16. The van der Waals surface area contributed by atoms with Crippen molar-refractivity contribution in [1.82, 2.24) is 4.98 Å². The van der Waals surface area contributed by atoms with E-state index in [1.54, 1.807) is 7.11 Å². The quantitative estimate of drug-likeness (QED) is 0.750. The van der Waals surface area contributed by atoms with E-state index in [1.165, 1.54) is 0 Å². The van der Waals surface area contributed by atoms with Crippen LogP contribution in [0, 0.1) is 20.8 Å². The Bertz CT molecular complexity index is 564. The molecule has 3 heteroatoms. The summed E-state index contributed by atoms with van der Waals surface area (Å²) in [4.78, 5) is 4.56. The van der Waals surface area contributed by atoms with Gasteiger partial charge in [0.25, 0.3) is 0 Å². The Morgan fingerprint density at radius 3 is 2.50 bits per heavy atom. The van der Waals surface area contributed by atoms with Crippen LogP contribution in [0.1, 0.15) is 16.8 Å². The molecule has 0 saturated heterocycles. The van der Waals surface area contributed by atoms with Crippen molar-refractivity contribution in [2.24, 2.45) is 0 Å².